The van der Waals surface area contributed by atoms with E-state index in [-0.39, 0.29) is 12.2 Å². The SMILES string of the molecule is CCOC(=O)c1cc(-c2ccccc2)c(=O)[nH]c1C(F)(F)F. The van der Waals surface area contributed by atoms with E-state index in [0.29, 0.717) is 5.56 Å². The number of hydrogen-bond acceptors (Lipinski definition) is 3. The first-order valence-corrected chi connectivity index (χ1v) is 6.41. The van der Waals surface area contributed by atoms with E-state index in [1.165, 1.54) is 6.92 Å². The maximum Gasteiger partial charge on any atom is 0.432 e. The Hall–Kier alpha value is -2.57. The van der Waals surface area contributed by atoms with Crippen LogP contribution in [0.3, 0.4) is 0 Å². The summed E-state index contributed by atoms with van der Waals surface area (Å²) in [6.07, 6.45) is -4.86. The fourth-order valence-electron chi connectivity index (χ4n) is 1.96. The molecule has 0 bridgehead atoms. The summed E-state index contributed by atoms with van der Waals surface area (Å²) >= 11 is 0. The minimum absolute atomic E-state index is 0.0309. The Morgan fingerprint density at radius 1 is 1.23 bits per heavy atom. The van der Waals surface area contributed by atoms with Gasteiger partial charge in [0.2, 0.25) is 0 Å². The van der Waals surface area contributed by atoms with Crippen LogP contribution in [0.2, 0.25) is 0 Å². The molecule has 0 fully saturated rings. The molecule has 0 saturated carbocycles. The van der Waals surface area contributed by atoms with Gasteiger partial charge in [-0.2, -0.15) is 13.2 Å². The van der Waals surface area contributed by atoms with Crippen LogP contribution < -0.4 is 5.56 Å². The summed E-state index contributed by atoms with van der Waals surface area (Å²) in [5.41, 5.74) is -2.67. The smallest absolute Gasteiger partial charge is 0.432 e. The quantitative estimate of drug-likeness (QED) is 0.885. The molecule has 7 heteroatoms. The Labute approximate surface area is 123 Å². The summed E-state index contributed by atoms with van der Waals surface area (Å²) in [5.74, 6) is -1.14. The second-order valence-corrected chi connectivity index (χ2v) is 4.39. The van der Waals surface area contributed by atoms with Crippen molar-refractivity contribution < 1.29 is 22.7 Å². The normalized spacial score (nSPS) is 11.3. The van der Waals surface area contributed by atoms with Crippen LogP contribution in [0, 0.1) is 0 Å². The molecular formula is C15H12F3NO3. The maximum absolute atomic E-state index is 13.0. The monoisotopic (exact) mass is 311 g/mol. The average molecular weight is 311 g/mol. The molecule has 1 N–H and O–H groups in total. The van der Waals surface area contributed by atoms with E-state index in [1.54, 1.807) is 35.3 Å². The number of benzene rings is 1. The summed E-state index contributed by atoms with van der Waals surface area (Å²) in [7, 11) is 0. The molecule has 1 aromatic heterocycles. The Kier molecular flexibility index (Phi) is 4.35. The Morgan fingerprint density at radius 2 is 1.86 bits per heavy atom. The number of hydrogen-bond donors (Lipinski definition) is 1. The second kappa shape index (κ2) is 6.05. The number of pyridine rings is 1. The number of nitrogens with one attached hydrogen (secondary N) is 1. The number of halogens is 3. The second-order valence-electron chi connectivity index (χ2n) is 4.39. The highest BCUT2D eigenvalue weighted by molar-refractivity contribution is 5.92. The van der Waals surface area contributed by atoms with E-state index in [4.69, 9.17) is 0 Å². The van der Waals surface area contributed by atoms with Crippen molar-refractivity contribution >= 4 is 5.97 Å². The average Bonchev–Trinajstić information content (AvgIpc) is 2.47. The largest absolute Gasteiger partial charge is 0.462 e. The van der Waals surface area contributed by atoms with Crippen LogP contribution in [0.5, 0.6) is 0 Å². The summed E-state index contributed by atoms with van der Waals surface area (Å²) < 4.78 is 43.6. The van der Waals surface area contributed by atoms with Gasteiger partial charge in [0.25, 0.3) is 5.56 Å². The first-order chi connectivity index (χ1) is 10.3. The van der Waals surface area contributed by atoms with E-state index in [0.717, 1.165) is 6.07 Å². The lowest BCUT2D eigenvalue weighted by Crippen LogP contribution is -2.23. The number of alkyl halides is 3. The number of carbonyl (C=O) groups is 1. The minimum atomic E-state index is -4.86. The van der Waals surface area contributed by atoms with Crippen molar-refractivity contribution in [1.29, 1.82) is 0 Å². The Morgan fingerprint density at radius 3 is 2.41 bits per heavy atom. The molecular weight excluding hydrogens is 299 g/mol. The molecule has 1 aromatic carbocycles. The zero-order valence-corrected chi connectivity index (χ0v) is 11.5. The number of carbonyl (C=O) groups excluding carboxylic acids is 1. The molecule has 22 heavy (non-hydrogen) atoms. The van der Waals surface area contributed by atoms with Gasteiger partial charge < -0.3 is 9.72 Å². The lowest BCUT2D eigenvalue weighted by Gasteiger charge is -2.13. The summed E-state index contributed by atoms with van der Waals surface area (Å²) in [6, 6.07) is 9.01. The summed E-state index contributed by atoms with van der Waals surface area (Å²) in [6.45, 7) is 1.41. The maximum atomic E-state index is 13.0. The molecule has 1 heterocycles. The van der Waals surface area contributed by atoms with Crippen LogP contribution in [-0.4, -0.2) is 17.6 Å². The zero-order valence-electron chi connectivity index (χ0n) is 11.5. The van der Waals surface area contributed by atoms with E-state index in [1.807, 2.05) is 0 Å². The van der Waals surface area contributed by atoms with E-state index in [2.05, 4.69) is 4.74 Å². The number of aromatic nitrogens is 1. The molecule has 0 radical (unpaired) electrons. The predicted molar refractivity (Wildman–Crippen MR) is 73.5 cm³/mol. The van der Waals surface area contributed by atoms with Crippen molar-refractivity contribution in [1.82, 2.24) is 4.98 Å². The molecule has 0 spiro atoms. The molecule has 0 atom stereocenters. The van der Waals surface area contributed by atoms with Crippen LogP contribution in [0.25, 0.3) is 11.1 Å². The fourth-order valence-corrected chi connectivity index (χ4v) is 1.96. The van der Waals surface area contributed by atoms with Crippen molar-refractivity contribution in [2.75, 3.05) is 6.61 Å². The Balaban J connectivity index is 2.68. The third kappa shape index (κ3) is 3.19. The first kappa shape index (κ1) is 15.8. The van der Waals surface area contributed by atoms with E-state index in [9.17, 15) is 22.8 Å². The van der Waals surface area contributed by atoms with Gasteiger partial charge in [-0.25, -0.2) is 4.79 Å². The van der Waals surface area contributed by atoms with Crippen molar-refractivity contribution in [2.24, 2.45) is 0 Å². The van der Waals surface area contributed by atoms with Gasteiger partial charge in [0.15, 0.2) is 0 Å². The van der Waals surface area contributed by atoms with Gasteiger partial charge in [0, 0.05) is 5.56 Å². The van der Waals surface area contributed by atoms with Gasteiger partial charge in [0.1, 0.15) is 5.69 Å². The van der Waals surface area contributed by atoms with Crippen LogP contribution in [0.4, 0.5) is 13.2 Å². The van der Waals surface area contributed by atoms with Crippen molar-refractivity contribution in [3.05, 3.63) is 58.0 Å². The van der Waals surface area contributed by atoms with Crippen LogP contribution >= 0.6 is 0 Å². The number of rotatable bonds is 3. The fraction of sp³-hybridized carbons (Fsp3) is 0.200. The molecule has 0 saturated heterocycles. The Bertz CT molecular complexity index is 736. The van der Waals surface area contributed by atoms with Crippen molar-refractivity contribution in [3.8, 4) is 11.1 Å². The number of ether oxygens (including phenoxy) is 1. The number of H-pyrrole nitrogens is 1. The van der Waals surface area contributed by atoms with Gasteiger partial charge in [-0.05, 0) is 18.6 Å². The van der Waals surface area contributed by atoms with Gasteiger partial charge in [-0.15, -0.1) is 0 Å². The zero-order chi connectivity index (χ0) is 16.3. The molecule has 0 unspecified atom stereocenters. The first-order valence-electron chi connectivity index (χ1n) is 6.41. The van der Waals surface area contributed by atoms with E-state index >= 15 is 0 Å². The summed E-state index contributed by atoms with van der Waals surface area (Å²) in [5, 5.41) is 0. The molecule has 2 aromatic rings. The van der Waals surface area contributed by atoms with Gasteiger partial charge >= 0.3 is 12.1 Å². The molecule has 116 valence electrons. The van der Waals surface area contributed by atoms with Gasteiger partial charge in [0.05, 0.1) is 12.2 Å². The molecule has 0 aliphatic carbocycles. The lowest BCUT2D eigenvalue weighted by molar-refractivity contribution is -0.141. The topological polar surface area (TPSA) is 59.2 Å². The third-order valence-electron chi connectivity index (χ3n) is 2.90. The van der Waals surface area contributed by atoms with Gasteiger partial charge in [-0.1, -0.05) is 30.3 Å². The van der Waals surface area contributed by atoms with Crippen LogP contribution in [0.15, 0.2) is 41.2 Å². The standard InChI is InChI=1S/C15H12F3NO3/c1-2-22-14(21)11-8-10(9-6-4-3-5-7-9)13(20)19-12(11)15(16,17)18/h3-8H,2H2,1H3,(H,19,20). The highest BCUT2D eigenvalue weighted by Crippen LogP contribution is 2.31. The molecule has 4 nitrogen and oxygen atoms in total. The highest BCUT2D eigenvalue weighted by atomic mass is 19.4. The summed E-state index contributed by atoms with van der Waals surface area (Å²) in [4.78, 5) is 25.4. The number of aromatic amines is 1. The predicted octanol–water partition coefficient (Wildman–Crippen LogP) is 3.24. The minimum Gasteiger partial charge on any atom is -0.462 e. The van der Waals surface area contributed by atoms with E-state index < -0.39 is 29.0 Å². The van der Waals surface area contributed by atoms with Crippen molar-refractivity contribution in [2.45, 2.75) is 13.1 Å². The van der Waals surface area contributed by atoms with Crippen LogP contribution in [0.1, 0.15) is 23.0 Å². The number of esters is 1. The van der Waals surface area contributed by atoms with Crippen molar-refractivity contribution in [3.63, 3.8) is 0 Å². The highest BCUT2D eigenvalue weighted by Gasteiger charge is 2.37. The lowest BCUT2D eigenvalue weighted by atomic mass is 10.0. The van der Waals surface area contributed by atoms with Gasteiger partial charge in [-0.3, -0.25) is 4.79 Å². The third-order valence-corrected chi connectivity index (χ3v) is 2.90. The molecule has 0 aliphatic heterocycles. The molecule has 0 amide bonds. The van der Waals surface area contributed by atoms with Crippen LogP contribution in [-0.2, 0) is 10.9 Å². The molecule has 2 rings (SSSR count). The molecule has 0 aliphatic rings.